The lowest BCUT2D eigenvalue weighted by Crippen LogP contribution is -2.10. The highest BCUT2D eigenvalue weighted by molar-refractivity contribution is 5.95. The van der Waals surface area contributed by atoms with Crippen LogP contribution in [0.3, 0.4) is 0 Å². The first-order valence-corrected chi connectivity index (χ1v) is 7.45. The monoisotopic (exact) mass is 336 g/mol. The molecule has 0 aliphatic rings. The maximum atomic E-state index is 5.84. The quantitative estimate of drug-likeness (QED) is 0.364. The summed E-state index contributed by atoms with van der Waals surface area (Å²) in [4.78, 5) is 4.55. The smallest absolute Gasteiger partial charge is 0.182 e. The van der Waals surface area contributed by atoms with Crippen LogP contribution in [0.15, 0.2) is 31.0 Å². The highest BCUT2D eigenvalue weighted by Gasteiger charge is 2.16. The van der Waals surface area contributed by atoms with Gasteiger partial charge in [-0.3, -0.25) is 10.2 Å². The summed E-state index contributed by atoms with van der Waals surface area (Å²) in [6.07, 6.45) is 1.71. The van der Waals surface area contributed by atoms with E-state index in [0.717, 1.165) is 22.0 Å². The summed E-state index contributed by atoms with van der Waals surface area (Å²) >= 11 is 0. The van der Waals surface area contributed by atoms with Crippen LogP contribution in [0.4, 0.5) is 5.82 Å². The van der Waals surface area contributed by atoms with Crippen molar-refractivity contribution in [2.24, 2.45) is 11.5 Å². The van der Waals surface area contributed by atoms with Crippen LogP contribution in [0.2, 0.25) is 0 Å². The third-order valence-corrected chi connectivity index (χ3v) is 3.87. The standard InChI is InChI=1S/C15H16N10/c1-7(17)8-2-9(10-5-19-21-11(10)3-8)14-20-15(23-22-14)12-4-13(18)24-25(12)6-16/h2-5H,1,6,16-17H2,(H2,18,24)(H,19,21)(H,20,22,23). The van der Waals surface area contributed by atoms with Gasteiger partial charge in [-0.15, -0.1) is 0 Å². The summed E-state index contributed by atoms with van der Waals surface area (Å²) < 4.78 is 1.55. The molecule has 0 aliphatic heterocycles. The fraction of sp³-hybridized carbons (Fsp3) is 0.0667. The Balaban J connectivity index is 1.86. The van der Waals surface area contributed by atoms with Gasteiger partial charge in [0.2, 0.25) is 0 Å². The fourth-order valence-electron chi connectivity index (χ4n) is 2.68. The number of rotatable bonds is 4. The molecule has 3 aromatic heterocycles. The molecule has 10 nitrogen and oxygen atoms in total. The molecule has 0 amide bonds. The number of nitrogens with two attached hydrogens (primary N) is 3. The van der Waals surface area contributed by atoms with E-state index in [0.29, 0.717) is 28.9 Å². The Morgan fingerprint density at radius 1 is 1.24 bits per heavy atom. The third-order valence-electron chi connectivity index (χ3n) is 3.87. The van der Waals surface area contributed by atoms with E-state index in [1.165, 1.54) is 0 Å². The Bertz CT molecular complexity index is 1080. The summed E-state index contributed by atoms with van der Waals surface area (Å²) in [6, 6.07) is 5.44. The van der Waals surface area contributed by atoms with Crippen molar-refractivity contribution in [1.29, 1.82) is 0 Å². The normalized spacial score (nSPS) is 11.2. The first kappa shape index (κ1) is 14.9. The molecule has 25 heavy (non-hydrogen) atoms. The van der Waals surface area contributed by atoms with Crippen LogP contribution in [0, 0.1) is 0 Å². The number of H-pyrrole nitrogens is 2. The molecule has 0 radical (unpaired) electrons. The molecule has 0 saturated heterocycles. The van der Waals surface area contributed by atoms with E-state index in [4.69, 9.17) is 17.2 Å². The van der Waals surface area contributed by atoms with Crippen molar-refractivity contribution in [3.05, 3.63) is 36.5 Å². The molecular weight excluding hydrogens is 320 g/mol. The first-order valence-electron chi connectivity index (χ1n) is 7.45. The average molecular weight is 336 g/mol. The number of fused-ring (bicyclic) bond motifs is 1. The lowest BCUT2D eigenvalue weighted by molar-refractivity contribution is 0.645. The van der Waals surface area contributed by atoms with Crippen LogP contribution < -0.4 is 17.2 Å². The van der Waals surface area contributed by atoms with Gasteiger partial charge in [0, 0.05) is 22.7 Å². The zero-order valence-electron chi connectivity index (χ0n) is 13.2. The molecule has 0 unspecified atom stereocenters. The van der Waals surface area contributed by atoms with Crippen molar-refractivity contribution in [2.45, 2.75) is 6.67 Å². The lowest BCUT2D eigenvalue weighted by atomic mass is 10.0. The van der Waals surface area contributed by atoms with Crippen molar-refractivity contribution < 1.29 is 0 Å². The Morgan fingerprint density at radius 3 is 2.84 bits per heavy atom. The van der Waals surface area contributed by atoms with Gasteiger partial charge in [-0.25, -0.2) is 9.67 Å². The molecule has 126 valence electrons. The Hall–Kier alpha value is -3.66. The molecule has 4 rings (SSSR count). The largest absolute Gasteiger partial charge is 0.399 e. The first-order chi connectivity index (χ1) is 12.1. The van der Waals surface area contributed by atoms with Crippen molar-refractivity contribution in [3.63, 3.8) is 0 Å². The Labute approximate surface area is 141 Å². The number of hydrogen-bond donors (Lipinski definition) is 5. The highest BCUT2D eigenvalue weighted by atomic mass is 15.3. The predicted octanol–water partition coefficient (Wildman–Crippen LogP) is 0.639. The maximum Gasteiger partial charge on any atom is 0.182 e. The zero-order valence-corrected chi connectivity index (χ0v) is 13.2. The minimum Gasteiger partial charge on any atom is -0.399 e. The second-order valence-electron chi connectivity index (χ2n) is 5.52. The molecule has 0 fully saturated rings. The molecule has 0 atom stereocenters. The Morgan fingerprint density at radius 2 is 2.08 bits per heavy atom. The number of nitrogen functional groups attached to an aromatic ring is 1. The van der Waals surface area contributed by atoms with Crippen molar-refractivity contribution in [3.8, 4) is 22.9 Å². The summed E-state index contributed by atoms with van der Waals surface area (Å²) in [5.74, 6) is 1.36. The summed E-state index contributed by atoms with van der Waals surface area (Å²) in [5, 5.41) is 19.2. The third kappa shape index (κ3) is 2.40. The maximum absolute atomic E-state index is 5.84. The zero-order chi connectivity index (χ0) is 17.6. The number of nitrogens with one attached hydrogen (secondary N) is 2. The van der Waals surface area contributed by atoms with Crippen LogP contribution in [-0.4, -0.2) is 35.2 Å². The van der Waals surface area contributed by atoms with Gasteiger partial charge in [0.25, 0.3) is 0 Å². The van der Waals surface area contributed by atoms with Crippen molar-refractivity contribution >= 4 is 22.4 Å². The number of nitrogens with zero attached hydrogens (tertiary/aromatic N) is 5. The second-order valence-corrected chi connectivity index (χ2v) is 5.52. The van der Waals surface area contributed by atoms with Gasteiger partial charge < -0.3 is 17.2 Å². The molecule has 0 saturated carbocycles. The number of benzene rings is 1. The van der Waals surface area contributed by atoms with Crippen LogP contribution in [-0.2, 0) is 6.67 Å². The van der Waals surface area contributed by atoms with Crippen molar-refractivity contribution in [1.82, 2.24) is 35.2 Å². The van der Waals surface area contributed by atoms with E-state index < -0.39 is 0 Å². The van der Waals surface area contributed by atoms with Gasteiger partial charge in [-0.1, -0.05) is 6.58 Å². The van der Waals surface area contributed by atoms with E-state index in [1.807, 2.05) is 12.1 Å². The fourth-order valence-corrected chi connectivity index (χ4v) is 2.68. The van der Waals surface area contributed by atoms with Crippen molar-refractivity contribution in [2.75, 3.05) is 5.73 Å². The molecule has 0 bridgehead atoms. The lowest BCUT2D eigenvalue weighted by Gasteiger charge is -2.04. The van der Waals surface area contributed by atoms with Crippen LogP contribution >= 0.6 is 0 Å². The topological polar surface area (TPSA) is 166 Å². The summed E-state index contributed by atoms with van der Waals surface area (Å²) in [5.41, 5.74) is 20.7. The molecular formula is C15H16N10. The predicted molar refractivity (Wildman–Crippen MR) is 94.5 cm³/mol. The molecule has 10 heteroatoms. The molecule has 1 aromatic carbocycles. The van der Waals surface area contributed by atoms with Gasteiger partial charge in [0.15, 0.2) is 11.6 Å². The minimum absolute atomic E-state index is 0.178. The number of anilines is 1. The molecule has 3 heterocycles. The van der Waals surface area contributed by atoms with E-state index >= 15 is 0 Å². The summed E-state index contributed by atoms with van der Waals surface area (Å²) in [7, 11) is 0. The second kappa shape index (κ2) is 5.46. The summed E-state index contributed by atoms with van der Waals surface area (Å²) in [6.45, 7) is 3.96. The van der Waals surface area contributed by atoms with E-state index in [-0.39, 0.29) is 6.67 Å². The van der Waals surface area contributed by atoms with Crippen LogP contribution in [0.5, 0.6) is 0 Å². The molecule has 0 aliphatic carbocycles. The molecule has 4 aromatic rings. The average Bonchev–Trinajstić information content (AvgIpc) is 3.32. The van der Waals surface area contributed by atoms with E-state index in [9.17, 15) is 0 Å². The van der Waals surface area contributed by atoms with Gasteiger partial charge in [-0.2, -0.15) is 15.3 Å². The molecule has 0 spiro atoms. The Kier molecular flexibility index (Phi) is 3.25. The SMILES string of the molecule is C=C(N)c1cc(-c2n[nH]c(-c3cc(N)nn3CN)n2)c2cn[nH]c2c1. The number of aromatic amines is 2. The minimum atomic E-state index is 0.178. The van der Waals surface area contributed by atoms with Crippen LogP contribution in [0.25, 0.3) is 39.5 Å². The molecule has 8 N–H and O–H groups in total. The van der Waals surface area contributed by atoms with E-state index in [1.54, 1.807) is 16.9 Å². The number of aromatic nitrogens is 7. The van der Waals surface area contributed by atoms with E-state index in [2.05, 4.69) is 37.1 Å². The van der Waals surface area contributed by atoms with Gasteiger partial charge >= 0.3 is 0 Å². The van der Waals surface area contributed by atoms with Crippen LogP contribution in [0.1, 0.15) is 5.56 Å². The number of hydrogen-bond acceptors (Lipinski definition) is 7. The van der Waals surface area contributed by atoms with Gasteiger partial charge in [0.05, 0.1) is 18.4 Å². The highest BCUT2D eigenvalue weighted by Crippen LogP contribution is 2.29. The van der Waals surface area contributed by atoms with Gasteiger partial charge in [-0.05, 0) is 17.7 Å². The van der Waals surface area contributed by atoms with Gasteiger partial charge in [0.1, 0.15) is 11.5 Å².